The molecule has 0 atom stereocenters. The van der Waals surface area contributed by atoms with Gasteiger partial charge in [-0.25, -0.2) is 0 Å². The van der Waals surface area contributed by atoms with Gasteiger partial charge in [0.1, 0.15) is 5.75 Å². The van der Waals surface area contributed by atoms with E-state index < -0.39 is 0 Å². The maximum Gasteiger partial charge on any atom is 0.260 e. The summed E-state index contributed by atoms with van der Waals surface area (Å²) in [6, 6.07) is 12.1. The molecule has 1 saturated heterocycles. The fourth-order valence-corrected chi connectivity index (χ4v) is 2.59. The van der Waals surface area contributed by atoms with Crippen LogP contribution in [0, 0.1) is 6.92 Å². The van der Waals surface area contributed by atoms with E-state index in [2.05, 4.69) is 13.0 Å². The number of carbonyl (C=O) groups is 1. The van der Waals surface area contributed by atoms with Crippen molar-refractivity contribution >= 4 is 16.7 Å². The number of ether oxygens (including phenoxy) is 2. The Balaban J connectivity index is 1.73. The molecular formula is C17H19NO3. The highest BCUT2D eigenvalue weighted by Crippen LogP contribution is 2.28. The normalized spacial score (nSPS) is 15.2. The summed E-state index contributed by atoms with van der Waals surface area (Å²) in [4.78, 5) is 13.9. The van der Waals surface area contributed by atoms with Crippen molar-refractivity contribution in [1.82, 2.24) is 4.90 Å². The van der Waals surface area contributed by atoms with Crippen LogP contribution in [-0.4, -0.2) is 43.7 Å². The highest BCUT2D eigenvalue weighted by molar-refractivity contribution is 5.91. The van der Waals surface area contributed by atoms with Crippen LogP contribution in [0.2, 0.25) is 0 Å². The van der Waals surface area contributed by atoms with Crippen LogP contribution < -0.4 is 4.74 Å². The summed E-state index contributed by atoms with van der Waals surface area (Å²) in [6.45, 7) is 4.67. The first-order chi connectivity index (χ1) is 10.3. The highest BCUT2D eigenvalue weighted by Gasteiger charge is 2.17. The lowest BCUT2D eigenvalue weighted by Gasteiger charge is -2.26. The smallest absolute Gasteiger partial charge is 0.260 e. The molecule has 0 unspecified atom stereocenters. The van der Waals surface area contributed by atoms with Crippen molar-refractivity contribution in [3.63, 3.8) is 0 Å². The molecule has 3 rings (SSSR count). The molecule has 110 valence electrons. The second-order valence-electron chi connectivity index (χ2n) is 5.21. The fraction of sp³-hybridized carbons (Fsp3) is 0.353. The molecule has 2 aromatic rings. The summed E-state index contributed by atoms with van der Waals surface area (Å²) in [5.41, 5.74) is 1.21. The van der Waals surface area contributed by atoms with Gasteiger partial charge in [-0.2, -0.15) is 0 Å². The Kier molecular flexibility index (Phi) is 4.06. The molecule has 0 N–H and O–H groups in total. The number of hydrogen-bond acceptors (Lipinski definition) is 3. The van der Waals surface area contributed by atoms with E-state index >= 15 is 0 Å². The summed E-state index contributed by atoms with van der Waals surface area (Å²) in [5, 5.41) is 2.21. The van der Waals surface area contributed by atoms with Gasteiger partial charge in [0.05, 0.1) is 13.2 Å². The maximum atomic E-state index is 12.1. The molecule has 1 aliphatic rings. The van der Waals surface area contributed by atoms with E-state index in [4.69, 9.17) is 9.47 Å². The molecule has 21 heavy (non-hydrogen) atoms. The Hall–Kier alpha value is -2.07. The average Bonchev–Trinajstić information content (AvgIpc) is 2.55. The molecule has 0 aromatic heterocycles. The van der Waals surface area contributed by atoms with Crippen LogP contribution in [0.1, 0.15) is 5.56 Å². The molecule has 0 aliphatic carbocycles. The fourth-order valence-electron chi connectivity index (χ4n) is 2.59. The first-order valence-corrected chi connectivity index (χ1v) is 7.22. The predicted octanol–water partition coefficient (Wildman–Crippen LogP) is 2.39. The number of fused-ring (bicyclic) bond motifs is 1. The van der Waals surface area contributed by atoms with Gasteiger partial charge in [-0.1, -0.05) is 30.3 Å². The van der Waals surface area contributed by atoms with E-state index in [9.17, 15) is 4.79 Å². The topological polar surface area (TPSA) is 38.8 Å². The van der Waals surface area contributed by atoms with Gasteiger partial charge in [0.2, 0.25) is 0 Å². The number of carbonyl (C=O) groups excluding carboxylic acids is 1. The Labute approximate surface area is 124 Å². The van der Waals surface area contributed by atoms with Gasteiger partial charge >= 0.3 is 0 Å². The van der Waals surface area contributed by atoms with Crippen LogP contribution in [0.5, 0.6) is 5.75 Å². The average molecular weight is 285 g/mol. The summed E-state index contributed by atoms with van der Waals surface area (Å²) in [7, 11) is 0. The molecule has 1 heterocycles. The third-order valence-corrected chi connectivity index (χ3v) is 3.82. The van der Waals surface area contributed by atoms with E-state index in [0.717, 1.165) is 16.5 Å². The molecule has 1 amide bonds. The Morgan fingerprint density at radius 1 is 1.14 bits per heavy atom. The van der Waals surface area contributed by atoms with Gasteiger partial charge in [-0.05, 0) is 23.9 Å². The molecule has 0 bridgehead atoms. The van der Waals surface area contributed by atoms with E-state index in [-0.39, 0.29) is 12.5 Å². The van der Waals surface area contributed by atoms with Crippen molar-refractivity contribution in [3.05, 3.63) is 42.0 Å². The molecular weight excluding hydrogens is 266 g/mol. The van der Waals surface area contributed by atoms with Crippen molar-refractivity contribution < 1.29 is 14.3 Å². The zero-order valence-electron chi connectivity index (χ0n) is 12.2. The number of aryl methyl sites for hydroxylation is 1. The Morgan fingerprint density at radius 2 is 1.86 bits per heavy atom. The van der Waals surface area contributed by atoms with Gasteiger partial charge in [-0.15, -0.1) is 0 Å². The largest absolute Gasteiger partial charge is 0.483 e. The van der Waals surface area contributed by atoms with E-state index in [1.54, 1.807) is 4.90 Å². The van der Waals surface area contributed by atoms with E-state index in [1.165, 1.54) is 5.56 Å². The van der Waals surface area contributed by atoms with Gasteiger partial charge in [0, 0.05) is 18.5 Å². The second kappa shape index (κ2) is 6.14. The zero-order chi connectivity index (χ0) is 14.7. The van der Waals surface area contributed by atoms with Crippen molar-refractivity contribution in [2.75, 3.05) is 32.9 Å². The molecule has 1 aliphatic heterocycles. The quantitative estimate of drug-likeness (QED) is 0.869. The van der Waals surface area contributed by atoms with Gasteiger partial charge in [0.25, 0.3) is 5.91 Å². The summed E-state index contributed by atoms with van der Waals surface area (Å²) in [6.07, 6.45) is 0. The highest BCUT2D eigenvalue weighted by atomic mass is 16.5. The van der Waals surface area contributed by atoms with Crippen LogP contribution in [0.15, 0.2) is 36.4 Å². The summed E-state index contributed by atoms with van der Waals surface area (Å²) in [5.74, 6) is 0.778. The van der Waals surface area contributed by atoms with Crippen LogP contribution in [0.3, 0.4) is 0 Å². The number of benzene rings is 2. The standard InChI is InChI=1S/C17H19NO3/c1-13-6-7-16(15-5-3-2-4-14(13)15)21-12-17(19)18-8-10-20-11-9-18/h2-7H,8-12H2,1H3. The monoisotopic (exact) mass is 285 g/mol. The SMILES string of the molecule is Cc1ccc(OCC(=O)N2CCOCC2)c2ccccc12. The lowest BCUT2D eigenvalue weighted by atomic mass is 10.1. The molecule has 0 saturated carbocycles. The second-order valence-corrected chi connectivity index (χ2v) is 5.21. The molecule has 1 fully saturated rings. The molecule has 4 heteroatoms. The first kappa shape index (κ1) is 13.9. The van der Waals surface area contributed by atoms with E-state index in [1.807, 2.05) is 30.3 Å². The van der Waals surface area contributed by atoms with Crippen molar-refractivity contribution in [1.29, 1.82) is 0 Å². The van der Waals surface area contributed by atoms with Gasteiger partial charge in [0.15, 0.2) is 6.61 Å². The number of morpholine rings is 1. The minimum Gasteiger partial charge on any atom is -0.483 e. The van der Waals surface area contributed by atoms with Gasteiger partial charge in [-0.3, -0.25) is 4.79 Å². The summed E-state index contributed by atoms with van der Waals surface area (Å²) < 4.78 is 11.0. The number of rotatable bonds is 3. The van der Waals surface area contributed by atoms with Crippen molar-refractivity contribution in [2.45, 2.75) is 6.92 Å². The molecule has 4 nitrogen and oxygen atoms in total. The van der Waals surface area contributed by atoms with Crippen LogP contribution in [0.4, 0.5) is 0 Å². The van der Waals surface area contributed by atoms with Crippen LogP contribution >= 0.6 is 0 Å². The third-order valence-electron chi connectivity index (χ3n) is 3.82. The lowest BCUT2D eigenvalue weighted by Crippen LogP contribution is -2.42. The minimum atomic E-state index is 0.0166. The Morgan fingerprint density at radius 3 is 2.62 bits per heavy atom. The van der Waals surface area contributed by atoms with Crippen LogP contribution in [-0.2, 0) is 9.53 Å². The van der Waals surface area contributed by atoms with Crippen molar-refractivity contribution in [2.24, 2.45) is 0 Å². The van der Waals surface area contributed by atoms with E-state index in [0.29, 0.717) is 26.3 Å². The molecule has 0 spiro atoms. The number of amides is 1. The summed E-state index contributed by atoms with van der Waals surface area (Å²) >= 11 is 0. The maximum absolute atomic E-state index is 12.1. The van der Waals surface area contributed by atoms with Crippen molar-refractivity contribution in [3.8, 4) is 5.75 Å². The minimum absolute atomic E-state index is 0.0166. The lowest BCUT2D eigenvalue weighted by molar-refractivity contribution is -0.137. The Bertz CT molecular complexity index is 648. The molecule has 0 radical (unpaired) electrons. The van der Waals surface area contributed by atoms with Crippen LogP contribution in [0.25, 0.3) is 10.8 Å². The number of nitrogens with zero attached hydrogens (tertiary/aromatic N) is 1. The number of hydrogen-bond donors (Lipinski definition) is 0. The molecule has 2 aromatic carbocycles. The zero-order valence-corrected chi connectivity index (χ0v) is 12.2. The first-order valence-electron chi connectivity index (χ1n) is 7.22. The predicted molar refractivity (Wildman–Crippen MR) is 81.6 cm³/mol. The third kappa shape index (κ3) is 3.00. The van der Waals surface area contributed by atoms with Gasteiger partial charge < -0.3 is 14.4 Å².